The Labute approximate surface area is 201 Å². The fraction of sp³-hybridized carbons (Fsp3) is 0.320. The van der Waals surface area contributed by atoms with Gasteiger partial charge < -0.3 is 19.3 Å². The van der Waals surface area contributed by atoms with E-state index in [9.17, 15) is 4.79 Å². The van der Waals surface area contributed by atoms with Crippen LogP contribution in [0.3, 0.4) is 0 Å². The second-order valence-corrected chi connectivity index (χ2v) is 8.79. The van der Waals surface area contributed by atoms with Gasteiger partial charge in [-0.15, -0.1) is 11.3 Å². The van der Waals surface area contributed by atoms with Crippen molar-refractivity contribution in [2.24, 2.45) is 0 Å². The highest BCUT2D eigenvalue weighted by molar-refractivity contribution is 7.17. The SMILES string of the molecule is CCOc1ccc(-c2csc3c(=O)[nH]c(N4CCN(c5ccccn5)CC4)nc23)cc1OCC. The highest BCUT2D eigenvalue weighted by atomic mass is 32.1. The standard InChI is InChI=1S/C25H27N5O3S/c1-3-32-19-9-8-17(15-20(19)33-4-2)18-16-34-23-22(18)27-25(28-24(23)31)30-13-11-29(12-14-30)21-7-5-6-10-26-21/h5-10,15-16H,3-4,11-14H2,1-2H3,(H,27,28,31). The first-order valence-corrected chi connectivity index (χ1v) is 12.4. The van der Waals surface area contributed by atoms with Gasteiger partial charge >= 0.3 is 0 Å². The van der Waals surface area contributed by atoms with Crippen molar-refractivity contribution in [2.75, 3.05) is 49.2 Å². The Morgan fingerprint density at radius 1 is 1.00 bits per heavy atom. The van der Waals surface area contributed by atoms with Crippen molar-refractivity contribution >= 4 is 33.3 Å². The average Bonchev–Trinajstić information content (AvgIpc) is 3.31. The molecule has 4 heterocycles. The maximum absolute atomic E-state index is 12.9. The summed E-state index contributed by atoms with van der Waals surface area (Å²) in [6, 6.07) is 11.8. The Hall–Kier alpha value is -3.59. The topological polar surface area (TPSA) is 83.6 Å². The summed E-state index contributed by atoms with van der Waals surface area (Å²) in [4.78, 5) is 29.6. The van der Waals surface area contributed by atoms with Crippen LogP contribution in [0, 0.1) is 0 Å². The van der Waals surface area contributed by atoms with Crippen molar-refractivity contribution in [3.8, 4) is 22.6 Å². The smallest absolute Gasteiger partial charge is 0.270 e. The van der Waals surface area contributed by atoms with Crippen LogP contribution in [0.2, 0.25) is 0 Å². The van der Waals surface area contributed by atoms with Crippen LogP contribution in [-0.4, -0.2) is 54.3 Å². The second-order valence-electron chi connectivity index (χ2n) is 7.91. The Balaban J connectivity index is 1.45. The number of H-pyrrole nitrogens is 1. The molecule has 0 radical (unpaired) electrons. The first-order chi connectivity index (χ1) is 16.7. The Kier molecular flexibility index (Phi) is 6.35. The predicted octanol–water partition coefficient (Wildman–Crippen LogP) is 4.17. The summed E-state index contributed by atoms with van der Waals surface area (Å²) in [6.45, 7) is 8.13. The number of benzene rings is 1. The molecule has 0 saturated carbocycles. The van der Waals surface area contributed by atoms with Gasteiger partial charge in [-0.25, -0.2) is 9.97 Å². The molecule has 1 aliphatic heterocycles. The molecule has 176 valence electrons. The van der Waals surface area contributed by atoms with E-state index in [1.807, 2.05) is 61.8 Å². The molecule has 0 amide bonds. The van der Waals surface area contributed by atoms with Gasteiger partial charge in [-0.05, 0) is 43.7 Å². The van der Waals surface area contributed by atoms with Gasteiger partial charge in [-0.2, -0.15) is 0 Å². The predicted molar refractivity (Wildman–Crippen MR) is 137 cm³/mol. The normalized spacial score (nSPS) is 13.9. The minimum Gasteiger partial charge on any atom is -0.490 e. The maximum Gasteiger partial charge on any atom is 0.270 e. The van der Waals surface area contributed by atoms with Gasteiger partial charge in [-0.1, -0.05) is 12.1 Å². The molecule has 1 saturated heterocycles. The summed E-state index contributed by atoms with van der Waals surface area (Å²) in [6.07, 6.45) is 1.81. The van der Waals surface area contributed by atoms with Crippen molar-refractivity contribution in [1.82, 2.24) is 15.0 Å². The number of nitrogens with one attached hydrogen (secondary N) is 1. The molecular weight excluding hydrogens is 450 g/mol. The summed E-state index contributed by atoms with van der Waals surface area (Å²) in [5.41, 5.74) is 2.47. The first kappa shape index (κ1) is 22.2. The highest BCUT2D eigenvalue weighted by Crippen LogP contribution is 2.37. The largest absolute Gasteiger partial charge is 0.490 e. The minimum atomic E-state index is -0.112. The van der Waals surface area contributed by atoms with Crippen LogP contribution in [0.4, 0.5) is 11.8 Å². The number of aromatic nitrogens is 3. The highest BCUT2D eigenvalue weighted by Gasteiger charge is 2.22. The van der Waals surface area contributed by atoms with E-state index < -0.39 is 0 Å². The maximum atomic E-state index is 12.9. The Bertz CT molecular complexity index is 1330. The van der Waals surface area contributed by atoms with Gasteiger partial charge in [0.05, 0.1) is 18.7 Å². The number of hydrogen-bond acceptors (Lipinski definition) is 8. The molecule has 0 bridgehead atoms. The van der Waals surface area contributed by atoms with Crippen molar-refractivity contribution in [3.63, 3.8) is 0 Å². The number of hydrogen-bond donors (Lipinski definition) is 1. The molecular formula is C25H27N5O3S. The molecule has 1 aliphatic rings. The van der Waals surface area contributed by atoms with Gasteiger partial charge in [0, 0.05) is 43.3 Å². The number of piperazine rings is 1. The number of thiophene rings is 1. The lowest BCUT2D eigenvalue weighted by atomic mass is 10.1. The monoisotopic (exact) mass is 477 g/mol. The van der Waals surface area contributed by atoms with Crippen LogP contribution in [0.15, 0.2) is 52.8 Å². The molecule has 0 atom stereocenters. The molecule has 1 fully saturated rings. The fourth-order valence-corrected chi connectivity index (χ4v) is 5.09. The number of aromatic amines is 1. The molecule has 5 rings (SSSR count). The summed E-state index contributed by atoms with van der Waals surface area (Å²) in [5.74, 6) is 2.98. The Morgan fingerprint density at radius 2 is 1.76 bits per heavy atom. The van der Waals surface area contributed by atoms with Crippen molar-refractivity contribution < 1.29 is 9.47 Å². The number of anilines is 2. The molecule has 34 heavy (non-hydrogen) atoms. The van der Waals surface area contributed by atoms with Crippen LogP contribution in [0.1, 0.15) is 13.8 Å². The zero-order valence-electron chi connectivity index (χ0n) is 19.3. The molecule has 8 nitrogen and oxygen atoms in total. The van der Waals surface area contributed by atoms with E-state index in [0.717, 1.165) is 43.1 Å². The van der Waals surface area contributed by atoms with Crippen LogP contribution < -0.4 is 24.8 Å². The van der Waals surface area contributed by atoms with E-state index in [1.165, 1.54) is 11.3 Å². The van der Waals surface area contributed by atoms with Crippen LogP contribution in [0.5, 0.6) is 11.5 Å². The van der Waals surface area contributed by atoms with Crippen LogP contribution in [-0.2, 0) is 0 Å². The van der Waals surface area contributed by atoms with Gasteiger partial charge in [0.2, 0.25) is 5.95 Å². The van der Waals surface area contributed by atoms with E-state index >= 15 is 0 Å². The molecule has 3 aromatic heterocycles. The van der Waals surface area contributed by atoms with Crippen molar-refractivity contribution in [1.29, 1.82) is 0 Å². The zero-order chi connectivity index (χ0) is 23.5. The molecule has 1 N–H and O–H groups in total. The number of rotatable bonds is 7. The molecule has 0 spiro atoms. The number of fused-ring (bicyclic) bond motifs is 1. The number of ether oxygens (including phenoxy) is 2. The fourth-order valence-electron chi connectivity index (χ4n) is 4.18. The van der Waals surface area contributed by atoms with Gasteiger partial charge in [0.25, 0.3) is 5.56 Å². The zero-order valence-corrected chi connectivity index (χ0v) is 20.1. The molecule has 4 aromatic rings. The minimum absolute atomic E-state index is 0.112. The van der Waals surface area contributed by atoms with E-state index in [2.05, 4.69) is 19.8 Å². The molecule has 0 aliphatic carbocycles. The van der Waals surface area contributed by atoms with Crippen LogP contribution in [0.25, 0.3) is 21.3 Å². The van der Waals surface area contributed by atoms with E-state index in [0.29, 0.717) is 40.9 Å². The van der Waals surface area contributed by atoms with E-state index in [-0.39, 0.29) is 5.56 Å². The van der Waals surface area contributed by atoms with Gasteiger partial charge in [0.15, 0.2) is 11.5 Å². The third kappa shape index (κ3) is 4.31. The van der Waals surface area contributed by atoms with E-state index in [4.69, 9.17) is 14.5 Å². The number of pyridine rings is 1. The lowest BCUT2D eigenvalue weighted by Gasteiger charge is -2.35. The van der Waals surface area contributed by atoms with Gasteiger partial charge in [-0.3, -0.25) is 9.78 Å². The molecule has 9 heteroatoms. The summed E-state index contributed by atoms with van der Waals surface area (Å²) in [5, 5.41) is 1.99. The third-order valence-electron chi connectivity index (χ3n) is 5.82. The Morgan fingerprint density at radius 3 is 2.50 bits per heavy atom. The quantitative estimate of drug-likeness (QED) is 0.428. The first-order valence-electron chi connectivity index (χ1n) is 11.5. The average molecular weight is 478 g/mol. The summed E-state index contributed by atoms with van der Waals surface area (Å²) >= 11 is 1.41. The number of nitrogens with zero attached hydrogens (tertiary/aromatic N) is 4. The van der Waals surface area contributed by atoms with E-state index in [1.54, 1.807) is 0 Å². The molecule has 1 aromatic carbocycles. The van der Waals surface area contributed by atoms with Crippen LogP contribution >= 0.6 is 11.3 Å². The second kappa shape index (κ2) is 9.72. The molecule has 0 unspecified atom stereocenters. The summed E-state index contributed by atoms with van der Waals surface area (Å²) < 4.78 is 12.1. The van der Waals surface area contributed by atoms with Crippen molar-refractivity contribution in [2.45, 2.75) is 13.8 Å². The third-order valence-corrected chi connectivity index (χ3v) is 6.79. The van der Waals surface area contributed by atoms with Gasteiger partial charge in [0.1, 0.15) is 10.5 Å². The lowest BCUT2D eigenvalue weighted by molar-refractivity contribution is 0.288. The summed E-state index contributed by atoms with van der Waals surface area (Å²) in [7, 11) is 0. The lowest BCUT2D eigenvalue weighted by Crippen LogP contribution is -2.47. The van der Waals surface area contributed by atoms with Crippen molar-refractivity contribution in [3.05, 3.63) is 58.3 Å².